The van der Waals surface area contributed by atoms with Crippen LogP contribution in [0.25, 0.3) is 16.9 Å². The molecule has 0 aliphatic carbocycles. The molecule has 0 aliphatic heterocycles. The minimum Gasteiger partial charge on any atom is -0.497 e. The van der Waals surface area contributed by atoms with Crippen molar-refractivity contribution in [3.8, 4) is 17.0 Å². The van der Waals surface area contributed by atoms with Crippen molar-refractivity contribution in [2.24, 2.45) is 0 Å². The molecule has 0 aliphatic rings. The molecular weight excluding hydrogens is 305 g/mol. The lowest BCUT2D eigenvalue weighted by Gasteiger charge is -2.09. The van der Waals surface area contributed by atoms with Crippen molar-refractivity contribution in [1.82, 2.24) is 9.38 Å². The Balaban J connectivity index is 2.15. The van der Waals surface area contributed by atoms with E-state index in [1.807, 2.05) is 26.0 Å². The van der Waals surface area contributed by atoms with Crippen LogP contribution in [0.15, 0.2) is 36.7 Å². The van der Waals surface area contributed by atoms with Crippen LogP contribution in [0.3, 0.4) is 0 Å². The summed E-state index contributed by atoms with van der Waals surface area (Å²) in [6, 6.07) is 6.18. The first-order valence-electron chi connectivity index (χ1n) is 7.01. The molecule has 3 nitrogen and oxygen atoms in total. The number of rotatable bonds is 2. The Hall–Kier alpha value is -2.50. The van der Waals surface area contributed by atoms with E-state index in [2.05, 4.69) is 4.98 Å². The molecule has 1 aromatic carbocycles. The van der Waals surface area contributed by atoms with Gasteiger partial charge in [0, 0.05) is 18.0 Å². The molecule has 0 unspecified atom stereocenters. The van der Waals surface area contributed by atoms with E-state index in [9.17, 15) is 13.2 Å². The van der Waals surface area contributed by atoms with Crippen LogP contribution in [0.5, 0.6) is 5.75 Å². The van der Waals surface area contributed by atoms with E-state index in [0.29, 0.717) is 11.3 Å². The third-order valence-corrected chi connectivity index (χ3v) is 3.78. The number of halogens is 3. The number of fused-ring (bicyclic) bond motifs is 1. The van der Waals surface area contributed by atoms with Crippen molar-refractivity contribution in [2.45, 2.75) is 20.0 Å². The van der Waals surface area contributed by atoms with Crippen molar-refractivity contribution in [3.05, 3.63) is 53.3 Å². The first kappa shape index (κ1) is 15.4. The third kappa shape index (κ3) is 2.76. The van der Waals surface area contributed by atoms with Gasteiger partial charge in [0.2, 0.25) is 0 Å². The summed E-state index contributed by atoms with van der Waals surface area (Å²) in [6.45, 7) is 3.85. The summed E-state index contributed by atoms with van der Waals surface area (Å²) >= 11 is 0. The van der Waals surface area contributed by atoms with Crippen molar-refractivity contribution >= 4 is 5.65 Å². The first-order chi connectivity index (χ1) is 10.8. The lowest BCUT2D eigenvalue weighted by Crippen LogP contribution is -2.05. The fourth-order valence-corrected chi connectivity index (χ4v) is 2.73. The molecule has 3 aromatic rings. The van der Waals surface area contributed by atoms with Gasteiger partial charge in [0.05, 0.1) is 18.4 Å². The van der Waals surface area contributed by atoms with Gasteiger partial charge in [-0.05, 0) is 49.2 Å². The summed E-state index contributed by atoms with van der Waals surface area (Å²) < 4.78 is 45.1. The van der Waals surface area contributed by atoms with E-state index >= 15 is 0 Å². The van der Waals surface area contributed by atoms with Crippen LogP contribution in [-0.4, -0.2) is 16.5 Å². The highest BCUT2D eigenvalue weighted by molar-refractivity contribution is 5.70. The molecule has 0 saturated carbocycles. The summed E-state index contributed by atoms with van der Waals surface area (Å²) in [5.41, 5.74) is 3.24. The highest BCUT2D eigenvalue weighted by atomic mass is 19.4. The fraction of sp³-hybridized carbons (Fsp3) is 0.235. The quantitative estimate of drug-likeness (QED) is 0.687. The smallest absolute Gasteiger partial charge is 0.417 e. The van der Waals surface area contributed by atoms with Gasteiger partial charge in [0.15, 0.2) is 0 Å². The number of alkyl halides is 3. The predicted molar refractivity (Wildman–Crippen MR) is 81.7 cm³/mol. The van der Waals surface area contributed by atoms with Gasteiger partial charge in [-0.1, -0.05) is 0 Å². The largest absolute Gasteiger partial charge is 0.497 e. The normalized spacial score (nSPS) is 11.9. The van der Waals surface area contributed by atoms with Gasteiger partial charge in [-0.15, -0.1) is 0 Å². The van der Waals surface area contributed by atoms with Crippen LogP contribution >= 0.6 is 0 Å². The second-order valence-corrected chi connectivity index (χ2v) is 5.44. The van der Waals surface area contributed by atoms with Crippen LogP contribution in [0.1, 0.15) is 16.7 Å². The number of ether oxygens (including phenoxy) is 1. The van der Waals surface area contributed by atoms with Crippen LogP contribution in [0, 0.1) is 13.8 Å². The zero-order valence-corrected chi connectivity index (χ0v) is 12.9. The van der Waals surface area contributed by atoms with Crippen molar-refractivity contribution in [1.29, 1.82) is 0 Å². The number of aromatic nitrogens is 2. The molecule has 120 valence electrons. The van der Waals surface area contributed by atoms with E-state index in [4.69, 9.17) is 4.74 Å². The summed E-state index contributed by atoms with van der Waals surface area (Å²) in [5, 5.41) is 0. The second-order valence-electron chi connectivity index (χ2n) is 5.44. The van der Waals surface area contributed by atoms with Crippen LogP contribution in [0.4, 0.5) is 13.2 Å². The number of imidazole rings is 1. The van der Waals surface area contributed by atoms with E-state index < -0.39 is 11.7 Å². The standard InChI is InChI=1S/C17H15F3N2O/c1-10-6-13(23-3)7-11(2)16(10)14-9-22-8-12(17(18,19)20)4-5-15(22)21-14/h4-9H,1-3H3. The maximum atomic E-state index is 12.8. The molecule has 0 N–H and O–H groups in total. The predicted octanol–water partition coefficient (Wildman–Crippen LogP) is 4.65. The lowest BCUT2D eigenvalue weighted by atomic mass is 10.00. The third-order valence-electron chi connectivity index (χ3n) is 3.78. The minimum atomic E-state index is -4.37. The number of hydrogen-bond acceptors (Lipinski definition) is 2. The fourth-order valence-electron chi connectivity index (χ4n) is 2.73. The van der Waals surface area contributed by atoms with E-state index in [1.54, 1.807) is 13.3 Å². The Bertz CT molecular complexity index is 858. The summed E-state index contributed by atoms with van der Waals surface area (Å²) in [4.78, 5) is 4.44. The average Bonchev–Trinajstić information content (AvgIpc) is 2.87. The molecular formula is C17H15F3N2O. The zero-order chi connectivity index (χ0) is 16.8. The second kappa shape index (κ2) is 5.30. The Morgan fingerprint density at radius 3 is 2.26 bits per heavy atom. The zero-order valence-electron chi connectivity index (χ0n) is 12.9. The van der Waals surface area contributed by atoms with Gasteiger partial charge >= 0.3 is 6.18 Å². The molecule has 2 aromatic heterocycles. The topological polar surface area (TPSA) is 26.5 Å². The summed E-state index contributed by atoms with van der Waals surface area (Å²) in [5.74, 6) is 0.742. The molecule has 0 spiro atoms. The highest BCUT2D eigenvalue weighted by Crippen LogP contribution is 2.32. The molecule has 23 heavy (non-hydrogen) atoms. The van der Waals surface area contributed by atoms with Gasteiger partial charge in [-0.25, -0.2) is 4.98 Å². The molecule has 0 fully saturated rings. The number of hydrogen-bond donors (Lipinski definition) is 0. The van der Waals surface area contributed by atoms with Gasteiger partial charge in [-0.2, -0.15) is 13.2 Å². The SMILES string of the molecule is COc1cc(C)c(-c2cn3cc(C(F)(F)F)ccc3n2)c(C)c1. The lowest BCUT2D eigenvalue weighted by molar-refractivity contribution is -0.137. The summed E-state index contributed by atoms with van der Waals surface area (Å²) in [6.07, 6.45) is -1.70. The Kier molecular flexibility index (Phi) is 3.55. The molecule has 2 heterocycles. The molecule has 0 radical (unpaired) electrons. The van der Waals surface area contributed by atoms with E-state index in [1.165, 1.54) is 10.5 Å². The Labute approximate surface area is 131 Å². The Morgan fingerprint density at radius 1 is 1.04 bits per heavy atom. The van der Waals surface area contributed by atoms with Crippen molar-refractivity contribution in [2.75, 3.05) is 7.11 Å². The van der Waals surface area contributed by atoms with E-state index in [0.717, 1.165) is 34.7 Å². The number of pyridine rings is 1. The van der Waals surface area contributed by atoms with Crippen molar-refractivity contribution < 1.29 is 17.9 Å². The van der Waals surface area contributed by atoms with Crippen LogP contribution in [0.2, 0.25) is 0 Å². The Morgan fingerprint density at radius 2 is 1.70 bits per heavy atom. The van der Waals surface area contributed by atoms with Gasteiger partial charge in [-0.3, -0.25) is 0 Å². The highest BCUT2D eigenvalue weighted by Gasteiger charge is 2.30. The van der Waals surface area contributed by atoms with Gasteiger partial charge in [0.25, 0.3) is 0 Å². The minimum absolute atomic E-state index is 0.475. The average molecular weight is 320 g/mol. The van der Waals surface area contributed by atoms with Crippen LogP contribution < -0.4 is 4.74 Å². The first-order valence-corrected chi connectivity index (χ1v) is 7.01. The number of nitrogens with zero attached hydrogens (tertiary/aromatic N) is 2. The van der Waals surface area contributed by atoms with Crippen LogP contribution in [-0.2, 0) is 6.18 Å². The number of methoxy groups -OCH3 is 1. The molecule has 6 heteroatoms. The summed E-state index contributed by atoms with van der Waals surface area (Å²) in [7, 11) is 1.59. The molecule has 0 bridgehead atoms. The molecule has 0 atom stereocenters. The maximum absolute atomic E-state index is 12.8. The number of benzene rings is 1. The van der Waals surface area contributed by atoms with Crippen molar-refractivity contribution in [3.63, 3.8) is 0 Å². The van der Waals surface area contributed by atoms with Gasteiger partial charge < -0.3 is 9.14 Å². The molecule has 0 saturated heterocycles. The molecule has 0 amide bonds. The van der Waals surface area contributed by atoms with Gasteiger partial charge in [0.1, 0.15) is 11.4 Å². The molecule has 3 rings (SSSR count). The monoisotopic (exact) mass is 320 g/mol. The van der Waals surface area contributed by atoms with E-state index in [-0.39, 0.29) is 0 Å². The maximum Gasteiger partial charge on any atom is 0.417 e. The number of aryl methyl sites for hydroxylation is 2.